The number of halogens is 4. The van der Waals surface area contributed by atoms with Crippen LogP contribution in [0.15, 0.2) is 12.1 Å². The van der Waals surface area contributed by atoms with Gasteiger partial charge in [-0.3, -0.25) is 4.79 Å². The fourth-order valence-corrected chi connectivity index (χ4v) is 1.65. The highest BCUT2D eigenvalue weighted by Gasteiger charge is 2.21. The maximum absolute atomic E-state index is 13.5. The second kappa shape index (κ2) is 5.72. The van der Waals surface area contributed by atoms with Crippen molar-refractivity contribution in [3.8, 4) is 5.75 Å². The molecule has 0 aromatic heterocycles. The summed E-state index contributed by atoms with van der Waals surface area (Å²) >= 11 is 6.13. The Morgan fingerprint density at radius 3 is 2.56 bits per heavy atom. The lowest BCUT2D eigenvalue weighted by Crippen LogP contribution is -2.17. The fourth-order valence-electron chi connectivity index (χ4n) is 1.11. The molecule has 0 aliphatic carbocycles. The van der Waals surface area contributed by atoms with Crippen molar-refractivity contribution in [3.05, 3.63) is 29.3 Å². The van der Waals surface area contributed by atoms with Gasteiger partial charge in [0.05, 0.1) is 17.5 Å². The van der Waals surface area contributed by atoms with E-state index in [1.807, 2.05) is 0 Å². The third-order valence-corrected chi connectivity index (χ3v) is 4.18. The molecule has 0 heterocycles. The average molecular weight is 358 g/mol. The van der Waals surface area contributed by atoms with E-state index in [9.17, 15) is 13.6 Å². The van der Waals surface area contributed by atoms with E-state index in [4.69, 9.17) is 0 Å². The lowest BCUT2D eigenvalue weighted by molar-refractivity contribution is 0.0993. The summed E-state index contributed by atoms with van der Waals surface area (Å²) in [6.45, 7) is 0. The van der Waals surface area contributed by atoms with Crippen molar-refractivity contribution in [3.63, 3.8) is 0 Å². The average Bonchev–Trinajstić information content (AvgIpc) is 2.29. The molecule has 16 heavy (non-hydrogen) atoms. The first-order chi connectivity index (χ1) is 7.51. The molecule has 1 rings (SSSR count). The largest absolute Gasteiger partial charge is 0.494 e. The SMILES string of the molecule is COc1cc(F)c(C(=O)C(Br)CBr)cc1F. The summed E-state index contributed by atoms with van der Waals surface area (Å²) in [5.41, 5.74) is -0.292. The third-order valence-electron chi connectivity index (χ3n) is 1.93. The zero-order valence-electron chi connectivity index (χ0n) is 8.27. The predicted molar refractivity (Wildman–Crippen MR) is 63.7 cm³/mol. The number of Topliss-reactive ketones (excluding diaryl/α,β-unsaturated/α-hetero) is 1. The molecule has 2 nitrogen and oxygen atoms in total. The van der Waals surface area contributed by atoms with E-state index in [1.54, 1.807) is 0 Å². The van der Waals surface area contributed by atoms with Crippen molar-refractivity contribution in [1.29, 1.82) is 0 Å². The minimum Gasteiger partial charge on any atom is -0.494 e. The molecule has 0 saturated heterocycles. The van der Waals surface area contributed by atoms with E-state index in [1.165, 1.54) is 7.11 Å². The van der Waals surface area contributed by atoms with Crippen LogP contribution in [0.4, 0.5) is 8.78 Å². The summed E-state index contributed by atoms with van der Waals surface area (Å²) in [7, 11) is 1.23. The number of carbonyl (C=O) groups excluding carboxylic acids is 1. The van der Waals surface area contributed by atoms with Gasteiger partial charge in [0.25, 0.3) is 0 Å². The van der Waals surface area contributed by atoms with Crippen molar-refractivity contribution < 1.29 is 18.3 Å². The maximum atomic E-state index is 13.5. The van der Waals surface area contributed by atoms with Gasteiger partial charge in [-0.25, -0.2) is 8.78 Å². The number of hydrogen-bond donors (Lipinski definition) is 0. The Bertz CT molecular complexity index is 410. The number of hydrogen-bond acceptors (Lipinski definition) is 2. The van der Waals surface area contributed by atoms with Crippen LogP contribution >= 0.6 is 31.9 Å². The number of methoxy groups -OCH3 is 1. The first-order valence-electron chi connectivity index (χ1n) is 4.28. The van der Waals surface area contributed by atoms with Crippen LogP contribution in [-0.2, 0) is 0 Å². The Labute approximate surface area is 108 Å². The second-order valence-corrected chi connectivity index (χ2v) is 4.71. The lowest BCUT2D eigenvalue weighted by atomic mass is 10.1. The predicted octanol–water partition coefficient (Wildman–Crippen LogP) is 3.31. The van der Waals surface area contributed by atoms with Crippen LogP contribution in [0.3, 0.4) is 0 Å². The summed E-state index contributed by atoms with van der Waals surface area (Å²) in [4.78, 5) is 11.0. The molecule has 0 aliphatic rings. The smallest absolute Gasteiger partial charge is 0.180 e. The van der Waals surface area contributed by atoms with Gasteiger partial charge in [0.1, 0.15) is 5.82 Å². The molecule has 0 radical (unpaired) electrons. The third kappa shape index (κ3) is 2.79. The van der Waals surface area contributed by atoms with Crippen molar-refractivity contribution in [2.75, 3.05) is 12.4 Å². The molecule has 1 atom stereocenters. The standard InChI is InChI=1S/C10H8Br2F2O2/c1-16-9-3-7(13)5(2-8(9)14)10(15)6(12)4-11/h2-3,6H,4H2,1H3. The van der Waals surface area contributed by atoms with Crippen molar-refractivity contribution in [2.45, 2.75) is 4.83 Å². The minimum atomic E-state index is -0.798. The second-order valence-electron chi connectivity index (χ2n) is 2.95. The van der Waals surface area contributed by atoms with Gasteiger partial charge in [0.15, 0.2) is 17.3 Å². The lowest BCUT2D eigenvalue weighted by Gasteiger charge is -2.08. The fraction of sp³-hybridized carbons (Fsp3) is 0.300. The van der Waals surface area contributed by atoms with Gasteiger partial charge in [-0.15, -0.1) is 0 Å². The molecule has 6 heteroatoms. The molecule has 1 aromatic rings. The Hall–Kier alpha value is -0.490. The molecule has 88 valence electrons. The topological polar surface area (TPSA) is 26.3 Å². The summed E-state index contributed by atoms with van der Waals surface area (Å²) < 4.78 is 31.3. The molecule has 0 aliphatic heterocycles. The van der Waals surface area contributed by atoms with Gasteiger partial charge in [-0.05, 0) is 6.07 Å². The van der Waals surface area contributed by atoms with E-state index < -0.39 is 22.2 Å². The van der Waals surface area contributed by atoms with Crippen LogP contribution in [0.1, 0.15) is 10.4 Å². The highest BCUT2D eigenvalue weighted by Crippen LogP contribution is 2.23. The first kappa shape index (κ1) is 13.6. The molecule has 0 amide bonds. The summed E-state index contributed by atoms with van der Waals surface area (Å²) in [5, 5.41) is 0.318. The van der Waals surface area contributed by atoms with Crippen LogP contribution in [0.2, 0.25) is 0 Å². The summed E-state index contributed by atoms with van der Waals surface area (Å²) in [5.74, 6) is -2.30. The number of carbonyl (C=O) groups is 1. The van der Waals surface area contributed by atoms with Gasteiger partial charge in [0, 0.05) is 11.4 Å². The first-order valence-corrected chi connectivity index (χ1v) is 6.32. The van der Waals surface area contributed by atoms with E-state index in [0.717, 1.165) is 12.1 Å². The maximum Gasteiger partial charge on any atom is 0.180 e. The van der Waals surface area contributed by atoms with Crippen molar-refractivity contribution in [1.82, 2.24) is 0 Å². The quantitative estimate of drug-likeness (QED) is 0.610. The normalized spacial score (nSPS) is 12.3. The van der Waals surface area contributed by atoms with Gasteiger partial charge < -0.3 is 4.74 Å². The Morgan fingerprint density at radius 1 is 1.44 bits per heavy atom. The summed E-state index contributed by atoms with van der Waals surface area (Å²) in [6.07, 6.45) is 0. The number of ether oxygens (including phenoxy) is 1. The van der Waals surface area contributed by atoms with Crippen LogP contribution in [0.25, 0.3) is 0 Å². The van der Waals surface area contributed by atoms with Crippen LogP contribution in [0.5, 0.6) is 5.75 Å². The monoisotopic (exact) mass is 356 g/mol. The highest BCUT2D eigenvalue weighted by atomic mass is 79.9. The highest BCUT2D eigenvalue weighted by molar-refractivity contribution is 9.12. The Morgan fingerprint density at radius 2 is 2.06 bits per heavy atom. The number of rotatable bonds is 4. The van der Waals surface area contributed by atoms with Crippen LogP contribution in [0, 0.1) is 11.6 Å². The van der Waals surface area contributed by atoms with E-state index in [2.05, 4.69) is 36.6 Å². The summed E-state index contributed by atoms with van der Waals surface area (Å²) in [6, 6.07) is 1.70. The van der Waals surface area contributed by atoms with Gasteiger partial charge >= 0.3 is 0 Å². The van der Waals surface area contributed by atoms with Crippen LogP contribution in [-0.4, -0.2) is 23.1 Å². The zero-order chi connectivity index (χ0) is 12.3. The van der Waals surface area contributed by atoms with Crippen LogP contribution < -0.4 is 4.74 Å². The van der Waals surface area contributed by atoms with E-state index in [0.29, 0.717) is 5.33 Å². The van der Waals surface area contributed by atoms with Crippen molar-refractivity contribution in [2.24, 2.45) is 0 Å². The van der Waals surface area contributed by atoms with Gasteiger partial charge in [-0.1, -0.05) is 31.9 Å². The molecule has 0 spiro atoms. The van der Waals surface area contributed by atoms with E-state index >= 15 is 0 Å². The number of alkyl halides is 2. The molecule has 0 N–H and O–H groups in total. The Balaban J connectivity index is 3.16. The molecular weight excluding hydrogens is 350 g/mol. The van der Waals surface area contributed by atoms with Gasteiger partial charge in [-0.2, -0.15) is 0 Å². The Kier molecular flexibility index (Phi) is 4.86. The number of benzene rings is 1. The van der Waals surface area contributed by atoms with E-state index in [-0.39, 0.29) is 11.3 Å². The molecule has 1 unspecified atom stereocenters. The van der Waals surface area contributed by atoms with Gasteiger partial charge in [0.2, 0.25) is 0 Å². The van der Waals surface area contributed by atoms with Crippen molar-refractivity contribution >= 4 is 37.6 Å². The minimum absolute atomic E-state index is 0.223. The number of ketones is 1. The zero-order valence-corrected chi connectivity index (χ0v) is 11.4. The molecule has 1 aromatic carbocycles. The molecule has 0 fully saturated rings. The molecule has 0 saturated carbocycles. The molecular formula is C10H8Br2F2O2. The molecule has 0 bridgehead atoms.